The second-order valence-corrected chi connectivity index (χ2v) is 3.58. The Morgan fingerprint density at radius 1 is 1.07 bits per heavy atom. The van der Waals surface area contributed by atoms with E-state index < -0.39 is 11.7 Å². The molecule has 2 N–H and O–H groups in total. The topological polar surface area (TPSA) is 34.4 Å². The molecule has 1 aromatic rings. The minimum absolute atomic E-state index is 0. The standard InChI is InChI=1S/C10H12F3N.H2O/c1-14(2)7-8-3-5-9(6-4-8)10(11,12)13;/h3-6H,7H2,1-2H3;1H2. The lowest BCUT2D eigenvalue weighted by Crippen LogP contribution is -3.04. The molecule has 0 heterocycles. The summed E-state index contributed by atoms with van der Waals surface area (Å²) in [6, 6.07) is 5.29. The van der Waals surface area contributed by atoms with Crippen molar-refractivity contribution < 1.29 is 23.5 Å². The minimum atomic E-state index is -4.23. The van der Waals surface area contributed by atoms with Gasteiger partial charge in [0.25, 0.3) is 0 Å². The monoisotopic (exact) mass is 221 g/mol. The molecule has 1 rings (SSSR count). The smallest absolute Gasteiger partial charge is 0.416 e. The molecule has 0 aliphatic heterocycles. The molecule has 5 heteroatoms. The van der Waals surface area contributed by atoms with Gasteiger partial charge in [-0.05, 0) is 12.1 Å². The van der Waals surface area contributed by atoms with Crippen molar-refractivity contribution in [3.8, 4) is 0 Å². The summed E-state index contributed by atoms with van der Waals surface area (Å²) in [5, 5.41) is 0. The molecule has 0 atom stereocenters. The van der Waals surface area contributed by atoms with Gasteiger partial charge in [0.1, 0.15) is 6.54 Å². The molecule has 86 valence electrons. The lowest BCUT2D eigenvalue weighted by molar-refractivity contribution is -0.872. The van der Waals surface area contributed by atoms with Gasteiger partial charge in [-0.25, -0.2) is 0 Å². The Balaban J connectivity index is 0.00000196. The molecule has 15 heavy (non-hydrogen) atoms. The van der Waals surface area contributed by atoms with Crippen LogP contribution in [0.15, 0.2) is 24.3 Å². The highest BCUT2D eigenvalue weighted by Crippen LogP contribution is 2.28. The molecule has 0 amide bonds. The maximum Gasteiger partial charge on any atom is 0.416 e. The summed E-state index contributed by atoms with van der Waals surface area (Å²) in [4.78, 5) is 1.18. The lowest BCUT2D eigenvalue weighted by atomic mass is 10.1. The lowest BCUT2D eigenvalue weighted by Gasteiger charge is -2.09. The number of hydrogen-bond donors (Lipinski definition) is 1. The van der Waals surface area contributed by atoms with E-state index in [0.29, 0.717) is 0 Å². The van der Waals surface area contributed by atoms with Crippen LogP contribution in [0.5, 0.6) is 0 Å². The first-order valence-corrected chi connectivity index (χ1v) is 4.35. The molecule has 1 aromatic carbocycles. The summed E-state index contributed by atoms with van der Waals surface area (Å²) < 4.78 is 36.5. The van der Waals surface area contributed by atoms with Gasteiger partial charge in [-0.2, -0.15) is 13.2 Å². The van der Waals surface area contributed by atoms with E-state index in [1.807, 2.05) is 14.1 Å². The zero-order chi connectivity index (χ0) is 10.8. The van der Waals surface area contributed by atoms with Gasteiger partial charge < -0.3 is 10.4 Å². The number of hydrogen-bond acceptors (Lipinski definition) is 1. The normalized spacial score (nSPS) is 11.3. The van der Waals surface area contributed by atoms with E-state index in [-0.39, 0.29) is 5.48 Å². The fourth-order valence-corrected chi connectivity index (χ4v) is 1.22. The maximum atomic E-state index is 12.2. The van der Waals surface area contributed by atoms with Crippen LogP contribution in [-0.4, -0.2) is 19.6 Å². The van der Waals surface area contributed by atoms with Crippen molar-refractivity contribution in [3.05, 3.63) is 35.4 Å². The molecule has 0 unspecified atom stereocenters. The van der Waals surface area contributed by atoms with Crippen molar-refractivity contribution >= 4 is 0 Å². The highest BCUT2D eigenvalue weighted by atomic mass is 19.4. The second kappa shape index (κ2) is 5.14. The first kappa shape index (κ1) is 13.9. The van der Waals surface area contributed by atoms with Crippen LogP contribution < -0.4 is 4.90 Å². The Labute approximate surface area is 86.6 Å². The molecular formula is C10H14F3NO. The van der Waals surface area contributed by atoms with Crippen LogP contribution in [0.3, 0.4) is 0 Å². The van der Waals surface area contributed by atoms with Gasteiger partial charge in [0.05, 0.1) is 19.7 Å². The second-order valence-electron chi connectivity index (χ2n) is 3.58. The van der Waals surface area contributed by atoms with Gasteiger partial charge in [0.2, 0.25) is 0 Å². The van der Waals surface area contributed by atoms with Crippen LogP contribution in [0.25, 0.3) is 0 Å². The van der Waals surface area contributed by atoms with Gasteiger partial charge in [0, 0.05) is 5.56 Å². The minimum Gasteiger partial charge on any atom is -0.870 e. The van der Waals surface area contributed by atoms with Crippen molar-refractivity contribution in [3.63, 3.8) is 0 Å². The summed E-state index contributed by atoms with van der Waals surface area (Å²) in [7, 11) is 3.91. The molecule has 0 saturated carbocycles. The van der Waals surface area contributed by atoms with Crippen molar-refractivity contribution in [1.29, 1.82) is 0 Å². The fourth-order valence-electron chi connectivity index (χ4n) is 1.22. The van der Waals surface area contributed by atoms with E-state index in [1.165, 1.54) is 17.0 Å². The molecule has 0 aromatic heterocycles. The van der Waals surface area contributed by atoms with Crippen LogP contribution >= 0.6 is 0 Å². The highest BCUT2D eigenvalue weighted by Gasteiger charge is 2.29. The van der Waals surface area contributed by atoms with E-state index in [2.05, 4.69) is 0 Å². The molecular weight excluding hydrogens is 207 g/mol. The SMILES string of the molecule is C[NH+](C)Cc1ccc(C(F)(F)F)cc1.[OH-]. The predicted octanol–water partition coefficient (Wildman–Crippen LogP) is 1.17. The Morgan fingerprint density at radius 3 is 1.87 bits per heavy atom. The van der Waals surface area contributed by atoms with Gasteiger partial charge >= 0.3 is 6.18 Å². The molecule has 0 spiro atoms. The van der Waals surface area contributed by atoms with Crippen molar-refractivity contribution in [2.45, 2.75) is 12.7 Å². The first-order valence-electron chi connectivity index (χ1n) is 4.35. The Kier molecular flexibility index (Phi) is 4.77. The number of quaternary nitrogens is 1. The van der Waals surface area contributed by atoms with Crippen LogP contribution in [-0.2, 0) is 12.7 Å². The quantitative estimate of drug-likeness (QED) is 0.799. The summed E-state index contributed by atoms with van der Waals surface area (Å²) in [6.07, 6.45) is -4.23. The average molecular weight is 221 g/mol. The third-order valence-electron chi connectivity index (χ3n) is 1.84. The molecule has 2 nitrogen and oxygen atoms in total. The van der Waals surface area contributed by atoms with E-state index in [9.17, 15) is 13.2 Å². The van der Waals surface area contributed by atoms with Gasteiger partial charge in [-0.3, -0.25) is 0 Å². The Hall–Kier alpha value is -1.07. The molecule has 0 aliphatic carbocycles. The molecule has 0 fully saturated rings. The Morgan fingerprint density at radius 2 is 1.53 bits per heavy atom. The maximum absolute atomic E-state index is 12.2. The largest absolute Gasteiger partial charge is 0.870 e. The number of nitrogens with one attached hydrogen (secondary N) is 1. The molecule has 0 aliphatic rings. The summed E-state index contributed by atoms with van der Waals surface area (Å²) >= 11 is 0. The van der Waals surface area contributed by atoms with E-state index >= 15 is 0 Å². The number of benzene rings is 1. The molecule has 0 bridgehead atoms. The van der Waals surface area contributed by atoms with Gasteiger partial charge in [0.15, 0.2) is 0 Å². The van der Waals surface area contributed by atoms with Gasteiger partial charge in [-0.1, -0.05) is 12.1 Å². The third-order valence-corrected chi connectivity index (χ3v) is 1.84. The average Bonchev–Trinajstić information content (AvgIpc) is 2.02. The summed E-state index contributed by atoms with van der Waals surface area (Å²) in [5.41, 5.74) is 0.327. The molecule has 0 saturated heterocycles. The van der Waals surface area contributed by atoms with Crippen molar-refractivity contribution in [2.75, 3.05) is 14.1 Å². The summed E-state index contributed by atoms with van der Waals surface area (Å²) in [5.74, 6) is 0. The van der Waals surface area contributed by atoms with Crippen molar-refractivity contribution in [1.82, 2.24) is 0 Å². The third kappa shape index (κ3) is 4.31. The molecule has 0 radical (unpaired) electrons. The van der Waals surface area contributed by atoms with Gasteiger partial charge in [-0.15, -0.1) is 0 Å². The Bertz CT molecular complexity index is 293. The predicted molar refractivity (Wildman–Crippen MR) is 49.9 cm³/mol. The number of rotatable bonds is 2. The zero-order valence-corrected chi connectivity index (χ0v) is 8.60. The summed E-state index contributed by atoms with van der Waals surface area (Å²) in [6.45, 7) is 0.734. The highest BCUT2D eigenvalue weighted by molar-refractivity contribution is 5.23. The van der Waals surface area contributed by atoms with Crippen LogP contribution in [0.1, 0.15) is 11.1 Å². The van der Waals surface area contributed by atoms with Crippen LogP contribution in [0, 0.1) is 0 Å². The van der Waals surface area contributed by atoms with Crippen LogP contribution in [0.4, 0.5) is 13.2 Å². The van der Waals surface area contributed by atoms with E-state index in [4.69, 9.17) is 0 Å². The van der Waals surface area contributed by atoms with Crippen molar-refractivity contribution in [2.24, 2.45) is 0 Å². The zero-order valence-electron chi connectivity index (χ0n) is 8.60. The van der Waals surface area contributed by atoms with E-state index in [1.54, 1.807) is 0 Å². The first-order chi connectivity index (χ1) is 6.39. The number of alkyl halides is 3. The van der Waals surface area contributed by atoms with Crippen LogP contribution in [0.2, 0.25) is 0 Å². The van der Waals surface area contributed by atoms with E-state index in [0.717, 1.165) is 24.2 Å². The number of halogens is 3. The fraction of sp³-hybridized carbons (Fsp3) is 0.400.